The molecule has 16 heavy (non-hydrogen) atoms. The monoisotopic (exact) mass is 237 g/mol. The Morgan fingerprint density at radius 2 is 2.06 bits per heavy atom. The van der Waals surface area contributed by atoms with Gasteiger partial charge in [0.15, 0.2) is 0 Å². The average Bonchev–Trinajstić information content (AvgIpc) is 2.58. The van der Waals surface area contributed by atoms with Crippen LogP contribution in [0, 0.1) is 0 Å². The van der Waals surface area contributed by atoms with Crippen LogP contribution >= 0.6 is 11.3 Å². The molecule has 0 spiro atoms. The molecule has 1 atom stereocenters. The summed E-state index contributed by atoms with van der Waals surface area (Å²) in [6.45, 7) is 3.20. The average molecular weight is 237 g/mol. The van der Waals surface area contributed by atoms with Gasteiger partial charge in [0.05, 0.1) is 26.9 Å². The Hall–Kier alpha value is -0.970. The predicted molar refractivity (Wildman–Crippen MR) is 65.6 cm³/mol. The third-order valence-electron chi connectivity index (χ3n) is 2.52. The number of fused-ring (bicyclic) bond motifs is 1. The third-order valence-corrected chi connectivity index (χ3v) is 3.58. The van der Waals surface area contributed by atoms with Gasteiger partial charge in [-0.1, -0.05) is 12.1 Å². The molecule has 4 heteroatoms. The van der Waals surface area contributed by atoms with Gasteiger partial charge < -0.3 is 10.2 Å². The molecule has 1 aromatic carbocycles. The summed E-state index contributed by atoms with van der Waals surface area (Å²) in [6, 6.07) is 7.87. The molecule has 0 radical (unpaired) electrons. The van der Waals surface area contributed by atoms with Crippen LogP contribution in [0.15, 0.2) is 24.3 Å². The number of aliphatic hydroxyl groups excluding tert-OH is 1. The lowest BCUT2D eigenvalue weighted by atomic mass is 10.00. The Balaban J connectivity index is 2.22. The first-order valence-electron chi connectivity index (χ1n) is 5.22. The number of hydrogen-bond donors (Lipinski definition) is 2. The van der Waals surface area contributed by atoms with Crippen molar-refractivity contribution in [2.75, 3.05) is 0 Å². The fourth-order valence-electron chi connectivity index (χ4n) is 1.42. The van der Waals surface area contributed by atoms with E-state index >= 15 is 0 Å². The maximum Gasteiger partial charge on any atom is 0.0965 e. The van der Waals surface area contributed by atoms with E-state index in [2.05, 4.69) is 4.98 Å². The number of nitrogens with zero attached hydrogens (tertiary/aromatic N) is 1. The summed E-state index contributed by atoms with van der Waals surface area (Å²) >= 11 is 1.56. The highest BCUT2D eigenvalue weighted by atomic mass is 32.1. The SMILES string of the molecule is CC(C)(O)C(O)Cc1nc2ccccc2s1. The Morgan fingerprint density at radius 3 is 2.69 bits per heavy atom. The van der Waals surface area contributed by atoms with Crippen molar-refractivity contribution in [3.8, 4) is 0 Å². The summed E-state index contributed by atoms with van der Waals surface area (Å²) in [7, 11) is 0. The molecule has 1 heterocycles. The minimum absolute atomic E-state index is 0.392. The van der Waals surface area contributed by atoms with Crippen molar-refractivity contribution in [2.45, 2.75) is 32.0 Å². The molecule has 2 rings (SSSR count). The summed E-state index contributed by atoms with van der Waals surface area (Å²) in [5.41, 5.74) is -0.136. The molecule has 0 amide bonds. The van der Waals surface area contributed by atoms with Crippen molar-refractivity contribution in [1.82, 2.24) is 4.98 Å². The van der Waals surface area contributed by atoms with Crippen molar-refractivity contribution < 1.29 is 10.2 Å². The van der Waals surface area contributed by atoms with Crippen LogP contribution in [0.4, 0.5) is 0 Å². The van der Waals surface area contributed by atoms with Gasteiger partial charge in [-0.25, -0.2) is 4.98 Å². The molecule has 0 bridgehead atoms. The van der Waals surface area contributed by atoms with E-state index < -0.39 is 11.7 Å². The molecule has 0 saturated carbocycles. The maximum atomic E-state index is 9.78. The number of para-hydroxylation sites is 1. The van der Waals surface area contributed by atoms with Gasteiger partial charge in [-0.15, -0.1) is 11.3 Å². The Morgan fingerprint density at radius 1 is 1.38 bits per heavy atom. The summed E-state index contributed by atoms with van der Waals surface area (Å²) < 4.78 is 1.11. The molecule has 0 aliphatic rings. The lowest BCUT2D eigenvalue weighted by Gasteiger charge is -2.23. The molecule has 3 nitrogen and oxygen atoms in total. The predicted octanol–water partition coefficient (Wildman–Crippen LogP) is 1.97. The molecule has 0 fully saturated rings. The van der Waals surface area contributed by atoms with Crippen molar-refractivity contribution in [3.63, 3.8) is 0 Å². The highest BCUT2D eigenvalue weighted by Gasteiger charge is 2.25. The van der Waals surface area contributed by atoms with E-state index in [1.165, 1.54) is 0 Å². The second-order valence-corrected chi connectivity index (χ2v) is 5.56. The number of aliphatic hydroxyl groups is 2. The van der Waals surface area contributed by atoms with E-state index in [0.717, 1.165) is 15.2 Å². The number of benzene rings is 1. The quantitative estimate of drug-likeness (QED) is 0.858. The van der Waals surface area contributed by atoms with Crippen molar-refractivity contribution in [3.05, 3.63) is 29.3 Å². The molecule has 0 saturated heterocycles. The van der Waals surface area contributed by atoms with Crippen molar-refractivity contribution in [2.24, 2.45) is 0 Å². The maximum absolute atomic E-state index is 9.78. The van der Waals surface area contributed by atoms with E-state index in [1.54, 1.807) is 25.2 Å². The normalized spacial score (nSPS) is 14.2. The zero-order valence-corrected chi connectivity index (χ0v) is 10.2. The molecule has 2 N–H and O–H groups in total. The summed E-state index contributed by atoms with van der Waals surface area (Å²) in [5.74, 6) is 0. The van der Waals surface area contributed by atoms with E-state index in [-0.39, 0.29) is 0 Å². The summed E-state index contributed by atoms with van der Waals surface area (Å²) in [6.07, 6.45) is -0.392. The number of hydrogen-bond acceptors (Lipinski definition) is 4. The fraction of sp³-hybridized carbons (Fsp3) is 0.417. The molecule has 0 aliphatic carbocycles. The van der Waals surface area contributed by atoms with Gasteiger partial charge >= 0.3 is 0 Å². The van der Waals surface area contributed by atoms with Gasteiger partial charge in [-0.3, -0.25) is 0 Å². The first kappa shape index (κ1) is 11.5. The topological polar surface area (TPSA) is 53.4 Å². The number of thiazole rings is 1. The van der Waals surface area contributed by atoms with Gasteiger partial charge in [0.1, 0.15) is 0 Å². The molecule has 1 unspecified atom stereocenters. The van der Waals surface area contributed by atoms with Crippen LogP contribution in [-0.4, -0.2) is 26.9 Å². The van der Waals surface area contributed by atoms with Crippen LogP contribution in [0.3, 0.4) is 0 Å². The molecule has 2 aromatic rings. The van der Waals surface area contributed by atoms with E-state index in [0.29, 0.717) is 6.42 Å². The van der Waals surface area contributed by atoms with Crippen LogP contribution in [0.2, 0.25) is 0 Å². The van der Waals surface area contributed by atoms with Gasteiger partial charge in [0.25, 0.3) is 0 Å². The van der Waals surface area contributed by atoms with Crippen LogP contribution in [-0.2, 0) is 6.42 Å². The number of rotatable bonds is 3. The molecular formula is C12H15NO2S. The highest BCUT2D eigenvalue weighted by molar-refractivity contribution is 7.18. The minimum Gasteiger partial charge on any atom is -0.390 e. The first-order chi connectivity index (χ1) is 7.47. The first-order valence-corrected chi connectivity index (χ1v) is 6.03. The molecular weight excluding hydrogens is 222 g/mol. The van der Waals surface area contributed by atoms with Crippen LogP contribution < -0.4 is 0 Å². The van der Waals surface area contributed by atoms with E-state index in [1.807, 2.05) is 24.3 Å². The summed E-state index contributed by atoms with van der Waals surface area (Å²) in [5, 5.41) is 20.3. The second-order valence-electron chi connectivity index (χ2n) is 4.45. The van der Waals surface area contributed by atoms with Crippen molar-refractivity contribution in [1.29, 1.82) is 0 Å². The summed E-state index contributed by atoms with van der Waals surface area (Å²) in [4.78, 5) is 4.41. The second kappa shape index (κ2) is 4.13. The zero-order valence-electron chi connectivity index (χ0n) is 9.34. The van der Waals surface area contributed by atoms with E-state index in [9.17, 15) is 10.2 Å². The smallest absolute Gasteiger partial charge is 0.0965 e. The molecule has 0 aliphatic heterocycles. The van der Waals surface area contributed by atoms with Gasteiger partial charge in [-0.05, 0) is 26.0 Å². The van der Waals surface area contributed by atoms with E-state index in [4.69, 9.17) is 0 Å². The van der Waals surface area contributed by atoms with Crippen LogP contribution in [0.1, 0.15) is 18.9 Å². The Kier molecular flexibility index (Phi) is 2.97. The molecule has 1 aromatic heterocycles. The largest absolute Gasteiger partial charge is 0.390 e. The Bertz CT molecular complexity index is 454. The standard InChI is InChI=1S/C12H15NO2S/c1-12(2,15)10(14)7-11-13-8-5-3-4-6-9(8)16-11/h3-6,10,14-15H,7H2,1-2H3. The van der Waals surface area contributed by atoms with Crippen LogP contribution in [0.5, 0.6) is 0 Å². The Labute approximate surface area is 98.4 Å². The van der Waals surface area contributed by atoms with Gasteiger partial charge in [0.2, 0.25) is 0 Å². The van der Waals surface area contributed by atoms with Gasteiger partial charge in [-0.2, -0.15) is 0 Å². The lowest BCUT2D eigenvalue weighted by molar-refractivity contribution is -0.0469. The highest BCUT2D eigenvalue weighted by Crippen LogP contribution is 2.24. The zero-order chi connectivity index (χ0) is 11.8. The van der Waals surface area contributed by atoms with Crippen molar-refractivity contribution >= 4 is 21.6 Å². The van der Waals surface area contributed by atoms with Crippen LogP contribution in [0.25, 0.3) is 10.2 Å². The molecule has 86 valence electrons. The third kappa shape index (κ3) is 2.40. The fourth-order valence-corrected chi connectivity index (χ4v) is 2.43. The number of aromatic nitrogens is 1. The lowest BCUT2D eigenvalue weighted by Crippen LogP contribution is -2.37. The minimum atomic E-state index is -1.09. The van der Waals surface area contributed by atoms with Gasteiger partial charge in [0, 0.05) is 6.42 Å².